The summed E-state index contributed by atoms with van der Waals surface area (Å²) in [5.74, 6) is 0. The molecule has 0 fully saturated rings. The quantitative estimate of drug-likeness (QED) is 0.599. The fourth-order valence-corrected chi connectivity index (χ4v) is 2.49. The molecule has 0 saturated carbocycles. The average molecular weight is 390 g/mol. The number of halogens is 4. The first-order chi connectivity index (χ1) is 9.47. The summed E-state index contributed by atoms with van der Waals surface area (Å²) in [6.07, 6.45) is -1.11. The Kier molecular flexibility index (Phi) is 3.11. The molecule has 0 amide bonds. The Bertz CT molecular complexity index is 767. The third kappa shape index (κ3) is 2.23. The molecule has 3 rings (SSSR count). The SMILES string of the molecule is FC(F)(F)c1cnc2c(I)c(-c3ccccn3)nn2c1. The van der Waals surface area contributed by atoms with E-state index >= 15 is 0 Å². The summed E-state index contributed by atoms with van der Waals surface area (Å²) < 4.78 is 39.7. The lowest BCUT2D eigenvalue weighted by Crippen LogP contribution is -2.07. The zero-order valence-corrected chi connectivity index (χ0v) is 11.9. The molecule has 0 aliphatic rings. The molecule has 0 radical (unpaired) electrons. The van der Waals surface area contributed by atoms with Crippen molar-refractivity contribution in [3.8, 4) is 11.4 Å². The highest BCUT2D eigenvalue weighted by atomic mass is 127. The minimum atomic E-state index is -4.44. The maximum atomic E-state index is 12.7. The molecule has 0 N–H and O–H groups in total. The fraction of sp³-hybridized carbons (Fsp3) is 0.0833. The first kappa shape index (κ1) is 13.3. The van der Waals surface area contributed by atoms with Gasteiger partial charge in [0.2, 0.25) is 0 Å². The van der Waals surface area contributed by atoms with Gasteiger partial charge in [-0.25, -0.2) is 9.50 Å². The van der Waals surface area contributed by atoms with Crippen molar-refractivity contribution >= 4 is 28.2 Å². The van der Waals surface area contributed by atoms with Gasteiger partial charge in [0.25, 0.3) is 0 Å². The van der Waals surface area contributed by atoms with Crippen LogP contribution in [-0.4, -0.2) is 19.6 Å². The predicted octanol–water partition coefficient (Wildman–Crippen LogP) is 3.41. The molecule has 3 heterocycles. The van der Waals surface area contributed by atoms with Crippen LogP contribution in [0.1, 0.15) is 5.56 Å². The van der Waals surface area contributed by atoms with Gasteiger partial charge in [-0.3, -0.25) is 4.98 Å². The van der Waals surface area contributed by atoms with E-state index < -0.39 is 11.7 Å². The molecule has 0 aliphatic heterocycles. The zero-order chi connectivity index (χ0) is 14.3. The normalized spacial score (nSPS) is 12.0. The van der Waals surface area contributed by atoms with Crippen molar-refractivity contribution in [3.05, 3.63) is 45.9 Å². The first-order valence-electron chi connectivity index (χ1n) is 5.49. The van der Waals surface area contributed by atoms with E-state index in [9.17, 15) is 13.2 Å². The average Bonchev–Trinajstić information content (AvgIpc) is 2.76. The summed E-state index contributed by atoms with van der Waals surface area (Å²) in [5, 5.41) is 4.14. The summed E-state index contributed by atoms with van der Waals surface area (Å²) in [6, 6.07) is 5.29. The number of hydrogen-bond acceptors (Lipinski definition) is 3. The number of hydrogen-bond donors (Lipinski definition) is 0. The van der Waals surface area contributed by atoms with E-state index in [0.717, 1.165) is 16.9 Å². The zero-order valence-electron chi connectivity index (χ0n) is 9.76. The van der Waals surface area contributed by atoms with E-state index in [0.29, 0.717) is 20.6 Å². The third-order valence-corrected chi connectivity index (χ3v) is 3.64. The highest BCUT2D eigenvalue weighted by Gasteiger charge is 2.32. The van der Waals surface area contributed by atoms with E-state index in [1.807, 2.05) is 22.6 Å². The van der Waals surface area contributed by atoms with E-state index in [-0.39, 0.29) is 0 Å². The second-order valence-corrected chi connectivity index (χ2v) is 5.06. The van der Waals surface area contributed by atoms with E-state index in [1.54, 1.807) is 24.4 Å². The van der Waals surface area contributed by atoms with Crippen LogP contribution in [0.4, 0.5) is 13.2 Å². The Balaban J connectivity index is 2.20. The van der Waals surface area contributed by atoms with Crippen molar-refractivity contribution in [2.45, 2.75) is 6.18 Å². The van der Waals surface area contributed by atoms with Crippen LogP contribution in [0.15, 0.2) is 36.8 Å². The minimum Gasteiger partial charge on any atom is -0.255 e. The van der Waals surface area contributed by atoms with Crippen molar-refractivity contribution in [3.63, 3.8) is 0 Å². The van der Waals surface area contributed by atoms with Gasteiger partial charge in [-0.1, -0.05) is 6.07 Å². The molecule has 8 heteroatoms. The standard InChI is InChI=1S/C12H6F3IN4/c13-12(14,15)7-5-18-11-9(16)10(19-20(11)6-7)8-3-1-2-4-17-8/h1-6H. The minimum absolute atomic E-state index is 0.374. The van der Waals surface area contributed by atoms with Gasteiger partial charge in [0.1, 0.15) is 5.69 Å². The monoisotopic (exact) mass is 390 g/mol. The van der Waals surface area contributed by atoms with Gasteiger partial charge in [0.15, 0.2) is 5.65 Å². The summed E-state index contributed by atoms with van der Waals surface area (Å²) in [7, 11) is 0. The van der Waals surface area contributed by atoms with Gasteiger partial charge in [-0.05, 0) is 34.7 Å². The van der Waals surface area contributed by atoms with E-state index in [4.69, 9.17) is 0 Å². The number of pyridine rings is 1. The molecule has 0 bridgehead atoms. The molecule has 0 aliphatic carbocycles. The molecule has 0 saturated heterocycles. The lowest BCUT2D eigenvalue weighted by Gasteiger charge is -2.05. The molecule has 102 valence electrons. The Hall–Kier alpha value is -1.71. The summed E-state index contributed by atoms with van der Waals surface area (Å²) in [4.78, 5) is 7.98. The van der Waals surface area contributed by atoms with Crippen LogP contribution in [0.5, 0.6) is 0 Å². The predicted molar refractivity (Wildman–Crippen MR) is 73.9 cm³/mol. The molecule has 20 heavy (non-hydrogen) atoms. The summed E-state index contributed by atoms with van der Waals surface area (Å²) >= 11 is 2.00. The third-order valence-electron chi connectivity index (χ3n) is 2.65. The van der Waals surface area contributed by atoms with Gasteiger partial charge >= 0.3 is 6.18 Å². The summed E-state index contributed by atoms with van der Waals surface area (Å²) in [5.41, 5.74) is 0.643. The summed E-state index contributed by atoms with van der Waals surface area (Å²) in [6.45, 7) is 0. The molecule has 0 unspecified atom stereocenters. The van der Waals surface area contributed by atoms with E-state index in [2.05, 4.69) is 15.1 Å². The van der Waals surface area contributed by atoms with Crippen LogP contribution in [0.3, 0.4) is 0 Å². The van der Waals surface area contributed by atoms with Crippen LogP contribution in [-0.2, 0) is 6.18 Å². The molecule has 0 aromatic carbocycles. The second kappa shape index (κ2) is 4.69. The lowest BCUT2D eigenvalue weighted by molar-refractivity contribution is -0.138. The van der Waals surface area contributed by atoms with E-state index in [1.165, 1.54) is 0 Å². The second-order valence-electron chi connectivity index (χ2n) is 3.99. The van der Waals surface area contributed by atoms with Crippen LogP contribution >= 0.6 is 22.6 Å². The fourth-order valence-electron chi connectivity index (χ4n) is 1.72. The molecular formula is C12H6F3IN4. The molecule has 4 nitrogen and oxygen atoms in total. The van der Waals surface area contributed by atoms with Crippen LogP contribution < -0.4 is 0 Å². The highest BCUT2D eigenvalue weighted by Crippen LogP contribution is 2.30. The maximum Gasteiger partial charge on any atom is 0.419 e. The first-order valence-corrected chi connectivity index (χ1v) is 6.57. The van der Waals surface area contributed by atoms with Crippen molar-refractivity contribution in [2.24, 2.45) is 0 Å². The van der Waals surface area contributed by atoms with Gasteiger partial charge < -0.3 is 0 Å². The highest BCUT2D eigenvalue weighted by molar-refractivity contribution is 14.1. The van der Waals surface area contributed by atoms with Crippen molar-refractivity contribution < 1.29 is 13.2 Å². The molecule has 3 aromatic rings. The lowest BCUT2D eigenvalue weighted by atomic mass is 10.3. The van der Waals surface area contributed by atoms with Crippen LogP contribution in [0.2, 0.25) is 0 Å². The number of nitrogens with zero attached hydrogens (tertiary/aromatic N) is 4. The Morgan fingerprint density at radius 3 is 2.60 bits per heavy atom. The Morgan fingerprint density at radius 1 is 1.15 bits per heavy atom. The number of alkyl halides is 3. The van der Waals surface area contributed by atoms with Gasteiger partial charge in [0.05, 0.1) is 14.8 Å². The van der Waals surface area contributed by atoms with Gasteiger partial charge in [-0.15, -0.1) is 0 Å². The molecule has 3 aromatic heterocycles. The number of aromatic nitrogens is 4. The number of rotatable bonds is 1. The smallest absolute Gasteiger partial charge is 0.255 e. The van der Waals surface area contributed by atoms with Crippen LogP contribution in [0, 0.1) is 3.57 Å². The molecular weight excluding hydrogens is 384 g/mol. The Morgan fingerprint density at radius 2 is 1.95 bits per heavy atom. The van der Waals surface area contributed by atoms with Gasteiger partial charge in [-0.2, -0.15) is 18.3 Å². The van der Waals surface area contributed by atoms with Crippen LogP contribution in [0.25, 0.3) is 17.0 Å². The van der Waals surface area contributed by atoms with Crippen molar-refractivity contribution in [2.75, 3.05) is 0 Å². The largest absolute Gasteiger partial charge is 0.419 e. The topological polar surface area (TPSA) is 43.1 Å². The Labute approximate surface area is 124 Å². The van der Waals surface area contributed by atoms with Gasteiger partial charge in [0, 0.05) is 18.6 Å². The van der Waals surface area contributed by atoms with Crippen molar-refractivity contribution in [1.29, 1.82) is 0 Å². The van der Waals surface area contributed by atoms with Crippen molar-refractivity contribution in [1.82, 2.24) is 19.6 Å². The number of fused-ring (bicyclic) bond motifs is 1. The molecule has 0 spiro atoms. The molecule has 0 atom stereocenters. The maximum absolute atomic E-state index is 12.7.